The van der Waals surface area contributed by atoms with Crippen LogP contribution in [-0.2, 0) is 6.54 Å². The van der Waals surface area contributed by atoms with Crippen molar-refractivity contribution in [3.63, 3.8) is 0 Å². The van der Waals surface area contributed by atoms with E-state index in [1.165, 1.54) is 18.0 Å². The second-order valence-corrected chi connectivity index (χ2v) is 4.85. The van der Waals surface area contributed by atoms with Crippen molar-refractivity contribution < 1.29 is 4.74 Å². The lowest BCUT2D eigenvalue weighted by molar-refractivity contribution is 0.401. The summed E-state index contributed by atoms with van der Waals surface area (Å²) in [7, 11) is 1.40. The number of fused-ring (bicyclic) bond motifs is 1. The lowest BCUT2D eigenvalue weighted by atomic mass is 10.1. The lowest BCUT2D eigenvalue weighted by Crippen LogP contribution is -2.22. The molecule has 0 atom stereocenters. The summed E-state index contributed by atoms with van der Waals surface area (Å²) in [6.07, 6.45) is 3.14. The van der Waals surface area contributed by atoms with Crippen molar-refractivity contribution in [3.8, 4) is 5.75 Å². The zero-order chi connectivity index (χ0) is 14.8. The maximum Gasteiger partial charge on any atom is 0.297 e. The van der Waals surface area contributed by atoms with E-state index in [1.54, 1.807) is 6.20 Å². The molecule has 3 rings (SSSR count). The Kier molecular flexibility index (Phi) is 3.58. The first kappa shape index (κ1) is 13.6. The highest BCUT2D eigenvalue weighted by Gasteiger charge is 2.11. The number of nitrogens with zero attached hydrogens (tertiary/aromatic N) is 3. The Hall–Kier alpha value is -2.40. The number of ether oxygens (including phenoxy) is 1. The molecule has 0 fully saturated rings. The van der Waals surface area contributed by atoms with E-state index < -0.39 is 0 Å². The van der Waals surface area contributed by atoms with Crippen LogP contribution in [0.4, 0.5) is 0 Å². The maximum absolute atomic E-state index is 12.3. The molecule has 0 radical (unpaired) electrons. The predicted molar refractivity (Wildman–Crippen MR) is 80.9 cm³/mol. The van der Waals surface area contributed by atoms with E-state index in [9.17, 15) is 4.79 Å². The molecule has 0 aliphatic rings. The van der Waals surface area contributed by atoms with Gasteiger partial charge < -0.3 is 4.74 Å². The summed E-state index contributed by atoms with van der Waals surface area (Å²) in [6, 6.07) is 9.66. The number of hydrogen-bond acceptors (Lipinski definition) is 4. The molecule has 2 heterocycles. The van der Waals surface area contributed by atoms with Crippen LogP contribution in [0.2, 0.25) is 5.15 Å². The number of methoxy groups -OCH3 is 1. The molecule has 3 aromatic rings. The Labute approximate surface area is 125 Å². The third-order valence-electron chi connectivity index (χ3n) is 3.24. The van der Waals surface area contributed by atoms with Gasteiger partial charge in [-0.15, -0.1) is 0 Å². The highest BCUT2D eigenvalue weighted by molar-refractivity contribution is 6.30. The topological polar surface area (TPSA) is 57.0 Å². The summed E-state index contributed by atoms with van der Waals surface area (Å²) in [6.45, 7) is 0.377. The molecule has 0 aliphatic heterocycles. The average molecular weight is 302 g/mol. The standard InChI is InChI=1S/C15H12ClN3O2/c1-21-13-14(16)18-9-19(15(13)20)8-10-6-7-17-12-5-3-2-4-11(10)12/h2-7,9H,8H2,1H3. The van der Waals surface area contributed by atoms with Crippen LogP contribution >= 0.6 is 11.6 Å². The fraction of sp³-hybridized carbons (Fsp3) is 0.133. The van der Waals surface area contributed by atoms with Crippen LogP contribution < -0.4 is 10.3 Å². The molecule has 6 heteroatoms. The Morgan fingerprint density at radius 2 is 2.05 bits per heavy atom. The molecule has 0 amide bonds. The molecule has 21 heavy (non-hydrogen) atoms. The highest BCUT2D eigenvalue weighted by atomic mass is 35.5. The SMILES string of the molecule is COc1c(Cl)ncn(Cc2ccnc3ccccc23)c1=O. The first-order valence-electron chi connectivity index (χ1n) is 6.32. The van der Waals surface area contributed by atoms with Crippen molar-refractivity contribution in [1.29, 1.82) is 0 Å². The first-order chi connectivity index (χ1) is 10.2. The van der Waals surface area contributed by atoms with Crippen molar-refractivity contribution in [2.45, 2.75) is 6.54 Å². The number of hydrogen-bond donors (Lipinski definition) is 0. The lowest BCUT2D eigenvalue weighted by Gasteiger charge is -2.10. The predicted octanol–water partition coefficient (Wildman–Crippen LogP) is 2.50. The van der Waals surface area contributed by atoms with Gasteiger partial charge in [0.2, 0.25) is 5.75 Å². The third kappa shape index (κ3) is 2.48. The van der Waals surface area contributed by atoms with Gasteiger partial charge in [-0.1, -0.05) is 29.8 Å². The summed E-state index contributed by atoms with van der Waals surface area (Å²) in [5.41, 5.74) is 1.56. The molecular formula is C15H12ClN3O2. The van der Waals surface area contributed by atoms with E-state index >= 15 is 0 Å². The van der Waals surface area contributed by atoms with E-state index in [-0.39, 0.29) is 16.5 Å². The number of aromatic nitrogens is 3. The van der Waals surface area contributed by atoms with E-state index in [2.05, 4.69) is 9.97 Å². The molecule has 0 saturated heterocycles. The van der Waals surface area contributed by atoms with Crippen LogP contribution in [0.5, 0.6) is 5.75 Å². The van der Waals surface area contributed by atoms with Gasteiger partial charge in [-0.3, -0.25) is 14.3 Å². The largest absolute Gasteiger partial charge is 0.489 e. The van der Waals surface area contributed by atoms with Gasteiger partial charge in [0.1, 0.15) is 0 Å². The summed E-state index contributed by atoms with van der Waals surface area (Å²) in [4.78, 5) is 20.5. The van der Waals surface area contributed by atoms with E-state index in [1.807, 2.05) is 30.3 Å². The second-order valence-electron chi connectivity index (χ2n) is 4.49. The van der Waals surface area contributed by atoms with Crippen LogP contribution in [0, 0.1) is 0 Å². The van der Waals surface area contributed by atoms with Crippen molar-refractivity contribution >= 4 is 22.5 Å². The fourth-order valence-electron chi connectivity index (χ4n) is 2.21. The van der Waals surface area contributed by atoms with Crippen molar-refractivity contribution in [2.75, 3.05) is 7.11 Å². The molecule has 0 unspecified atom stereocenters. The maximum atomic E-state index is 12.3. The Balaban J connectivity index is 2.09. The number of rotatable bonds is 3. The monoisotopic (exact) mass is 301 g/mol. The Bertz CT molecular complexity index is 856. The molecule has 106 valence electrons. The number of para-hydroxylation sites is 1. The summed E-state index contributed by atoms with van der Waals surface area (Å²) in [5.74, 6) is 0.0533. The molecule has 0 aliphatic carbocycles. The van der Waals surface area contributed by atoms with Crippen LogP contribution in [0.3, 0.4) is 0 Å². The normalized spacial score (nSPS) is 10.8. The van der Waals surface area contributed by atoms with E-state index in [4.69, 9.17) is 16.3 Å². The van der Waals surface area contributed by atoms with Gasteiger partial charge in [0.25, 0.3) is 5.56 Å². The van der Waals surface area contributed by atoms with Crippen molar-refractivity contribution in [3.05, 3.63) is 63.9 Å². The molecule has 0 saturated carbocycles. The van der Waals surface area contributed by atoms with Gasteiger partial charge in [0.05, 0.1) is 25.5 Å². The van der Waals surface area contributed by atoms with Gasteiger partial charge in [-0.25, -0.2) is 4.98 Å². The minimum absolute atomic E-state index is 0.0533. The van der Waals surface area contributed by atoms with Gasteiger partial charge in [-0.05, 0) is 17.7 Å². The summed E-state index contributed by atoms with van der Waals surface area (Å²) in [5, 5.41) is 1.07. The van der Waals surface area contributed by atoms with Crippen LogP contribution in [0.25, 0.3) is 10.9 Å². The smallest absolute Gasteiger partial charge is 0.297 e. The van der Waals surface area contributed by atoms with E-state index in [0.29, 0.717) is 6.54 Å². The molecule has 2 aromatic heterocycles. The Morgan fingerprint density at radius 3 is 2.86 bits per heavy atom. The van der Waals surface area contributed by atoms with E-state index in [0.717, 1.165) is 16.5 Å². The molecular weight excluding hydrogens is 290 g/mol. The van der Waals surface area contributed by atoms with Crippen LogP contribution in [0.15, 0.2) is 47.7 Å². The van der Waals surface area contributed by atoms with Gasteiger partial charge in [0, 0.05) is 11.6 Å². The van der Waals surface area contributed by atoms with Crippen molar-refractivity contribution in [1.82, 2.24) is 14.5 Å². The Morgan fingerprint density at radius 1 is 1.24 bits per heavy atom. The molecule has 0 bridgehead atoms. The summed E-state index contributed by atoms with van der Waals surface area (Å²) >= 11 is 5.84. The second kappa shape index (κ2) is 5.54. The molecule has 1 aromatic carbocycles. The van der Waals surface area contributed by atoms with Gasteiger partial charge in [-0.2, -0.15) is 0 Å². The van der Waals surface area contributed by atoms with Crippen LogP contribution in [-0.4, -0.2) is 21.6 Å². The number of benzene rings is 1. The van der Waals surface area contributed by atoms with Crippen molar-refractivity contribution in [2.24, 2.45) is 0 Å². The third-order valence-corrected chi connectivity index (χ3v) is 3.51. The number of pyridine rings is 1. The first-order valence-corrected chi connectivity index (χ1v) is 6.70. The average Bonchev–Trinajstić information content (AvgIpc) is 2.51. The van der Waals surface area contributed by atoms with Gasteiger partial charge in [0.15, 0.2) is 5.15 Å². The molecule has 0 N–H and O–H groups in total. The minimum Gasteiger partial charge on any atom is -0.489 e. The zero-order valence-electron chi connectivity index (χ0n) is 11.3. The summed E-state index contributed by atoms with van der Waals surface area (Å²) < 4.78 is 6.47. The number of halogens is 1. The minimum atomic E-state index is -0.307. The van der Waals surface area contributed by atoms with Gasteiger partial charge >= 0.3 is 0 Å². The highest BCUT2D eigenvalue weighted by Crippen LogP contribution is 2.18. The zero-order valence-corrected chi connectivity index (χ0v) is 12.0. The van der Waals surface area contributed by atoms with Crippen LogP contribution in [0.1, 0.15) is 5.56 Å². The molecule has 0 spiro atoms. The fourth-order valence-corrected chi connectivity index (χ4v) is 2.41. The quantitative estimate of drug-likeness (QED) is 0.698. The molecule has 5 nitrogen and oxygen atoms in total.